The highest BCUT2D eigenvalue weighted by Gasteiger charge is 2.41. The molecule has 0 saturated heterocycles. The van der Waals surface area contributed by atoms with Gasteiger partial charge in [-0.2, -0.15) is 11.8 Å². The minimum absolute atomic E-state index is 0. The summed E-state index contributed by atoms with van der Waals surface area (Å²) in [6.07, 6.45) is 3.88. The van der Waals surface area contributed by atoms with E-state index in [1.165, 1.54) is 11.8 Å². The lowest BCUT2D eigenvalue weighted by Crippen LogP contribution is -2.61. The molecule has 1 aromatic carbocycles. The molecule has 9 nitrogen and oxygen atoms in total. The van der Waals surface area contributed by atoms with Crippen molar-refractivity contribution in [3.8, 4) is 0 Å². The molecule has 0 bridgehead atoms. The van der Waals surface area contributed by atoms with Crippen molar-refractivity contribution in [2.24, 2.45) is 11.3 Å². The summed E-state index contributed by atoms with van der Waals surface area (Å²) in [6.45, 7) is 15.2. The van der Waals surface area contributed by atoms with E-state index in [-0.39, 0.29) is 25.2 Å². The summed E-state index contributed by atoms with van der Waals surface area (Å²) >= 11 is 1.51. The summed E-state index contributed by atoms with van der Waals surface area (Å²) < 4.78 is 0. The number of benzene rings is 1. The van der Waals surface area contributed by atoms with Crippen molar-refractivity contribution in [2.75, 3.05) is 26.1 Å². The third-order valence-electron chi connectivity index (χ3n) is 7.66. The summed E-state index contributed by atoms with van der Waals surface area (Å²) in [5.74, 6) is -1.61. The zero-order valence-electron chi connectivity index (χ0n) is 27.2. The Bertz CT molecular complexity index is 1100. The van der Waals surface area contributed by atoms with Gasteiger partial charge in [-0.25, -0.2) is 4.79 Å². The van der Waals surface area contributed by atoms with E-state index < -0.39 is 46.9 Å². The highest BCUT2D eigenvalue weighted by atomic mass is 32.2. The Labute approximate surface area is 264 Å². The number of aliphatic carboxylic acids is 1. The Morgan fingerprint density at radius 3 is 2.00 bits per heavy atom. The van der Waals surface area contributed by atoms with E-state index in [1.807, 2.05) is 85.1 Å². The molecule has 43 heavy (non-hydrogen) atoms. The molecule has 4 N–H and O–H groups in total. The van der Waals surface area contributed by atoms with Gasteiger partial charge in [0.05, 0.1) is 12.1 Å². The van der Waals surface area contributed by atoms with Crippen LogP contribution in [0.3, 0.4) is 0 Å². The molecule has 3 amide bonds. The van der Waals surface area contributed by atoms with E-state index in [1.54, 1.807) is 32.0 Å². The van der Waals surface area contributed by atoms with Crippen molar-refractivity contribution in [2.45, 2.75) is 98.8 Å². The molecule has 0 aliphatic carbocycles. The Kier molecular flexibility index (Phi) is 16.3. The van der Waals surface area contributed by atoms with E-state index in [2.05, 4.69) is 16.0 Å². The highest BCUT2D eigenvalue weighted by molar-refractivity contribution is 7.98. The third kappa shape index (κ3) is 11.3. The van der Waals surface area contributed by atoms with Crippen molar-refractivity contribution in [1.82, 2.24) is 20.9 Å². The van der Waals surface area contributed by atoms with Crippen molar-refractivity contribution < 1.29 is 24.3 Å². The summed E-state index contributed by atoms with van der Waals surface area (Å²) in [5.41, 5.74) is 0.141. The minimum atomic E-state index is -1.09. The molecule has 0 unspecified atom stereocenters. The molecule has 0 aromatic heterocycles. The normalized spacial score (nSPS) is 15.0. The molecule has 1 aromatic rings. The van der Waals surface area contributed by atoms with Gasteiger partial charge in [0.1, 0.15) is 12.1 Å². The number of hydrogen-bond acceptors (Lipinski definition) is 6. The van der Waals surface area contributed by atoms with Gasteiger partial charge in [0.2, 0.25) is 17.7 Å². The molecule has 0 aliphatic heterocycles. The summed E-state index contributed by atoms with van der Waals surface area (Å²) in [6, 6.07) is 6.85. The predicted molar refractivity (Wildman–Crippen MR) is 178 cm³/mol. The molecule has 0 spiro atoms. The number of likely N-dealkylation sites (N-methyl/N-ethyl adjacent to an activating group) is 2. The molecule has 10 heteroatoms. The van der Waals surface area contributed by atoms with Crippen LogP contribution in [0.15, 0.2) is 42.0 Å². The number of thioether (sulfide) groups is 1. The van der Waals surface area contributed by atoms with Crippen LogP contribution in [-0.4, -0.2) is 84.0 Å². The fourth-order valence-corrected chi connectivity index (χ4v) is 5.40. The van der Waals surface area contributed by atoms with Crippen LogP contribution in [0.2, 0.25) is 0 Å². The first-order chi connectivity index (χ1) is 19.4. The van der Waals surface area contributed by atoms with Crippen LogP contribution in [0.4, 0.5) is 0 Å². The number of carboxylic acid groups (broad SMARTS) is 1. The molecule has 4 atom stereocenters. The monoisotopic (exact) mass is 620 g/mol. The number of nitrogens with one attached hydrogen (secondary N) is 3. The Morgan fingerprint density at radius 2 is 1.56 bits per heavy atom. The van der Waals surface area contributed by atoms with Crippen LogP contribution in [0.1, 0.15) is 74.8 Å². The lowest BCUT2D eigenvalue weighted by molar-refractivity contribution is -0.141. The van der Waals surface area contributed by atoms with Crippen molar-refractivity contribution in [3.05, 3.63) is 47.5 Å². The zero-order chi connectivity index (χ0) is 32.4. The van der Waals surface area contributed by atoms with Crippen LogP contribution in [0.25, 0.3) is 0 Å². The number of amides is 3. The number of carbonyl (C=O) groups is 4. The van der Waals surface area contributed by atoms with Crippen LogP contribution in [-0.2, 0) is 24.6 Å². The fraction of sp³-hybridized carbons (Fsp3) is 0.636. The second kappa shape index (κ2) is 17.4. The van der Waals surface area contributed by atoms with Gasteiger partial charge in [0.25, 0.3) is 0 Å². The quantitative estimate of drug-likeness (QED) is 0.213. The van der Waals surface area contributed by atoms with Gasteiger partial charge >= 0.3 is 5.97 Å². The second-order valence-electron chi connectivity index (χ2n) is 12.8. The maximum Gasteiger partial charge on any atom is 0.326 e. The molecule has 0 saturated carbocycles. The SMILES string of the molecule is C.CN[C@H](C(=O)N[C@H](C(=O)N(C)[C@H](/C=C(\C)C(=O)N[C@@H](CCSC)C(=O)O)C(C)C)C(C)(C)C)C(C)(C)c1ccccc1. The fourth-order valence-electron chi connectivity index (χ4n) is 4.93. The average Bonchev–Trinajstić information content (AvgIpc) is 2.91. The van der Waals surface area contributed by atoms with Gasteiger partial charge in [-0.3, -0.25) is 14.4 Å². The molecule has 0 heterocycles. The zero-order valence-corrected chi connectivity index (χ0v) is 28.0. The summed E-state index contributed by atoms with van der Waals surface area (Å²) in [7, 11) is 3.40. The molecular weight excluding hydrogens is 564 g/mol. The summed E-state index contributed by atoms with van der Waals surface area (Å²) in [4.78, 5) is 53.8. The Balaban J connectivity index is 0.0000176. The van der Waals surface area contributed by atoms with Crippen LogP contribution in [0.5, 0.6) is 0 Å². The molecule has 0 fully saturated rings. The molecular formula is C33H56N4O5S. The highest BCUT2D eigenvalue weighted by Crippen LogP contribution is 2.29. The predicted octanol–water partition coefficient (Wildman–Crippen LogP) is 4.47. The lowest BCUT2D eigenvalue weighted by Gasteiger charge is -2.40. The Morgan fingerprint density at radius 1 is 1.00 bits per heavy atom. The third-order valence-corrected chi connectivity index (χ3v) is 8.30. The maximum atomic E-state index is 14.0. The first-order valence-electron chi connectivity index (χ1n) is 14.4. The van der Waals surface area contributed by atoms with E-state index >= 15 is 0 Å². The lowest BCUT2D eigenvalue weighted by atomic mass is 9.76. The van der Waals surface area contributed by atoms with Crippen molar-refractivity contribution in [3.63, 3.8) is 0 Å². The summed E-state index contributed by atoms with van der Waals surface area (Å²) in [5, 5.41) is 18.3. The molecule has 1 rings (SSSR count). The number of carbonyl (C=O) groups excluding carboxylic acids is 3. The van der Waals surface area contributed by atoms with E-state index in [9.17, 15) is 24.3 Å². The molecule has 0 aliphatic rings. The smallest absolute Gasteiger partial charge is 0.326 e. The first kappa shape index (κ1) is 40.1. The van der Waals surface area contributed by atoms with Crippen LogP contribution < -0.4 is 16.0 Å². The minimum Gasteiger partial charge on any atom is -0.480 e. The van der Waals surface area contributed by atoms with Crippen LogP contribution >= 0.6 is 11.8 Å². The van der Waals surface area contributed by atoms with E-state index in [4.69, 9.17) is 0 Å². The van der Waals surface area contributed by atoms with E-state index in [0.717, 1.165) is 5.56 Å². The molecule has 0 radical (unpaired) electrons. The number of rotatable bonds is 15. The average molecular weight is 621 g/mol. The van der Waals surface area contributed by atoms with Gasteiger partial charge in [-0.05, 0) is 49.3 Å². The number of hydrogen-bond donors (Lipinski definition) is 4. The van der Waals surface area contributed by atoms with Gasteiger partial charge in [0.15, 0.2) is 0 Å². The maximum absolute atomic E-state index is 14.0. The van der Waals surface area contributed by atoms with Gasteiger partial charge in [-0.15, -0.1) is 0 Å². The number of carboxylic acids is 1. The van der Waals surface area contributed by atoms with Crippen molar-refractivity contribution >= 4 is 35.5 Å². The second-order valence-corrected chi connectivity index (χ2v) is 13.8. The molecule has 244 valence electrons. The van der Waals surface area contributed by atoms with Gasteiger partial charge in [0, 0.05) is 18.0 Å². The Hall–Kier alpha value is -2.85. The topological polar surface area (TPSA) is 128 Å². The van der Waals surface area contributed by atoms with E-state index in [0.29, 0.717) is 17.7 Å². The van der Waals surface area contributed by atoms with Crippen molar-refractivity contribution in [1.29, 1.82) is 0 Å². The first-order valence-corrected chi connectivity index (χ1v) is 15.8. The van der Waals surface area contributed by atoms with Gasteiger partial charge < -0.3 is 26.0 Å². The van der Waals surface area contributed by atoms with Crippen LogP contribution in [0, 0.1) is 11.3 Å². The number of nitrogens with zero attached hydrogens (tertiary/aromatic N) is 1. The standard InChI is InChI=1S/C32H52N4O5S.CH4/c1-20(2)24(19-21(3)27(37)34-23(30(40)41)17-18-42-11)36(10)29(39)26(31(4,5)6)35-28(38)25(33-9)32(7,8)22-15-13-12-14-16-22;/h12-16,19-20,23-26,33H,17-18H2,1-11H3,(H,34,37)(H,35,38)(H,40,41);1H4/b21-19+;/t23-,24+,25+,26+;/m0./s1. The van der Waals surface area contributed by atoms with Gasteiger partial charge in [-0.1, -0.05) is 92.3 Å². The largest absolute Gasteiger partial charge is 0.480 e.